The number of rotatable bonds is 3. The number of nitrogens with zero attached hydrogens (tertiary/aromatic N) is 1. The van der Waals surface area contributed by atoms with E-state index in [1.807, 2.05) is 6.07 Å². The highest BCUT2D eigenvalue weighted by Gasteiger charge is 2.11. The summed E-state index contributed by atoms with van der Waals surface area (Å²) in [6.07, 6.45) is 4.13. The number of hydrogen-bond donors (Lipinski definition) is 2. The molecule has 0 unspecified atom stereocenters. The molecule has 0 aliphatic carbocycles. The van der Waals surface area contributed by atoms with Crippen LogP contribution in [0.3, 0.4) is 0 Å². The number of pyridine rings is 1. The molecule has 1 aromatic carbocycles. The smallest absolute Gasteiger partial charge is 0.129 e. The first-order chi connectivity index (χ1) is 9.33. The minimum Gasteiger partial charge on any atom is -0.385 e. The van der Waals surface area contributed by atoms with Gasteiger partial charge in [0.2, 0.25) is 0 Å². The average Bonchev–Trinajstić information content (AvgIpc) is 2.47. The summed E-state index contributed by atoms with van der Waals surface area (Å²) in [6, 6.07) is 10.2. The van der Waals surface area contributed by atoms with Gasteiger partial charge in [0.25, 0.3) is 0 Å². The highest BCUT2D eigenvalue weighted by molar-refractivity contribution is 6.29. The Bertz CT molecular complexity index is 566. The molecule has 98 valence electrons. The molecule has 0 spiro atoms. The van der Waals surface area contributed by atoms with Crippen LogP contribution in [-0.2, 0) is 13.0 Å². The molecule has 0 saturated heterocycles. The van der Waals surface area contributed by atoms with Crippen LogP contribution in [0.25, 0.3) is 0 Å². The summed E-state index contributed by atoms with van der Waals surface area (Å²) >= 11 is 5.77. The quantitative estimate of drug-likeness (QED) is 0.837. The number of para-hydroxylation sites is 1. The summed E-state index contributed by atoms with van der Waals surface area (Å²) in [4.78, 5) is 4.07. The molecule has 0 amide bonds. The Morgan fingerprint density at radius 2 is 2.21 bits per heavy atom. The van der Waals surface area contributed by atoms with Crippen LogP contribution in [0, 0.1) is 0 Å². The van der Waals surface area contributed by atoms with Gasteiger partial charge < -0.3 is 10.6 Å². The van der Waals surface area contributed by atoms with Crippen molar-refractivity contribution in [1.82, 2.24) is 4.98 Å². The van der Waals surface area contributed by atoms with Gasteiger partial charge in [0.1, 0.15) is 5.15 Å². The third-order valence-corrected chi connectivity index (χ3v) is 3.60. The van der Waals surface area contributed by atoms with Crippen molar-refractivity contribution < 1.29 is 0 Å². The zero-order valence-electron chi connectivity index (χ0n) is 10.6. The molecule has 2 heterocycles. The van der Waals surface area contributed by atoms with Gasteiger partial charge in [0.15, 0.2) is 0 Å². The number of fused-ring (bicyclic) bond motifs is 1. The van der Waals surface area contributed by atoms with Gasteiger partial charge in [-0.05, 0) is 36.1 Å². The van der Waals surface area contributed by atoms with Crippen molar-refractivity contribution in [2.45, 2.75) is 19.4 Å². The number of aromatic nitrogens is 1. The van der Waals surface area contributed by atoms with Crippen molar-refractivity contribution in [3.63, 3.8) is 0 Å². The maximum absolute atomic E-state index is 5.77. The lowest BCUT2D eigenvalue weighted by Crippen LogP contribution is -2.15. The molecule has 0 saturated carbocycles. The Balaban J connectivity index is 1.75. The van der Waals surface area contributed by atoms with E-state index in [1.54, 1.807) is 12.3 Å². The summed E-state index contributed by atoms with van der Waals surface area (Å²) < 4.78 is 0. The summed E-state index contributed by atoms with van der Waals surface area (Å²) in [6.45, 7) is 1.85. The highest BCUT2D eigenvalue weighted by atomic mass is 35.5. The van der Waals surface area contributed by atoms with Crippen molar-refractivity contribution in [3.05, 3.63) is 52.8 Å². The number of aryl methyl sites for hydroxylation is 1. The van der Waals surface area contributed by atoms with Crippen LogP contribution in [0.5, 0.6) is 0 Å². The monoisotopic (exact) mass is 273 g/mol. The van der Waals surface area contributed by atoms with Crippen LogP contribution in [-0.4, -0.2) is 11.5 Å². The standard InChI is InChI=1S/C15H16ClN3/c16-14-7-6-13(10-19-14)18-9-12-4-1-3-11-5-2-8-17-15(11)12/h1,3-4,6-7,10,17-18H,2,5,8-9H2. The van der Waals surface area contributed by atoms with E-state index in [1.165, 1.54) is 29.7 Å². The summed E-state index contributed by atoms with van der Waals surface area (Å²) in [5, 5.41) is 7.39. The molecule has 0 bridgehead atoms. The van der Waals surface area contributed by atoms with Gasteiger partial charge in [0, 0.05) is 18.8 Å². The molecule has 2 N–H and O–H groups in total. The van der Waals surface area contributed by atoms with E-state index in [4.69, 9.17) is 11.6 Å². The topological polar surface area (TPSA) is 37.0 Å². The first-order valence-electron chi connectivity index (χ1n) is 6.53. The van der Waals surface area contributed by atoms with Gasteiger partial charge in [-0.15, -0.1) is 0 Å². The van der Waals surface area contributed by atoms with E-state index < -0.39 is 0 Å². The second kappa shape index (κ2) is 5.49. The Labute approximate surface area is 118 Å². The van der Waals surface area contributed by atoms with Gasteiger partial charge in [-0.3, -0.25) is 0 Å². The van der Waals surface area contributed by atoms with E-state index in [2.05, 4.69) is 33.8 Å². The minimum atomic E-state index is 0.518. The van der Waals surface area contributed by atoms with Gasteiger partial charge in [0.05, 0.1) is 11.9 Å². The van der Waals surface area contributed by atoms with Crippen molar-refractivity contribution in [2.24, 2.45) is 0 Å². The maximum atomic E-state index is 5.77. The number of anilines is 2. The van der Waals surface area contributed by atoms with Crippen molar-refractivity contribution in [1.29, 1.82) is 0 Å². The van der Waals surface area contributed by atoms with Crippen molar-refractivity contribution in [2.75, 3.05) is 17.2 Å². The fraction of sp³-hybridized carbons (Fsp3) is 0.267. The Morgan fingerprint density at radius 3 is 3.05 bits per heavy atom. The number of hydrogen-bond acceptors (Lipinski definition) is 3. The van der Waals surface area contributed by atoms with E-state index in [9.17, 15) is 0 Å². The van der Waals surface area contributed by atoms with Gasteiger partial charge in [-0.25, -0.2) is 4.98 Å². The zero-order chi connectivity index (χ0) is 13.1. The lowest BCUT2D eigenvalue weighted by molar-refractivity contribution is 0.825. The zero-order valence-corrected chi connectivity index (χ0v) is 11.4. The molecule has 19 heavy (non-hydrogen) atoms. The summed E-state index contributed by atoms with van der Waals surface area (Å²) in [5.41, 5.74) is 4.99. The molecule has 3 rings (SSSR count). The molecule has 0 radical (unpaired) electrons. The fourth-order valence-electron chi connectivity index (χ4n) is 2.41. The molecular formula is C15H16ClN3. The lowest BCUT2D eigenvalue weighted by Gasteiger charge is -2.21. The second-order valence-corrected chi connectivity index (χ2v) is 5.09. The van der Waals surface area contributed by atoms with Crippen LogP contribution < -0.4 is 10.6 Å². The molecule has 1 aliphatic rings. The molecule has 1 aliphatic heterocycles. The fourth-order valence-corrected chi connectivity index (χ4v) is 2.52. The molecule has 0 atom stereocenters. The van der Waals surface area contributed by atoms with Crippen LogP contribution in [0.4, 0.5) is 11.4 Å². The van der Waals surface area contributed by atoms with Crippen LogP contribution in [0.1, 0.15) is 17.5 Å². The molecule has 4 heteroatoms. The average molecular weight is 274 g/mol. The highest BCUT2D eigenvalue weighted by Crippen LogP contribution is 2.26. The van der Waals surface area contributed by atoms with E-state index in [0.717, 1.165) is 18.8 Å². The molecule has 0 fully saturated rings. The summed E-state index contributed by atoms with van der Waals surface area (Å²) in [7, 11) is 0. The van der Waals surface area contributed by atoms with Crippen LogP contribution >= 0.6 is 11.6 Å². The minimum absolute atomic E-state index is 0.518. The van der Waals surface area contributed by atoms with Crippen LogP contribution in [0.2, 0.25) is 5.15 Å². The molecular weight excluding hydrogens is 258 g/mol. The molecule has 3 nitrogen and oxygen atoms in total. The third kappa shape index (κ3) is 2.82. The Morgan fingerprint density at radius 1 is 1.26 bits per heavy atom. The number of nitrogens with one attached hydrogen (secondary N) is 2. The summed E-state index contributed by atoms with van der Waals surface area (Å²) in [5.74, 6) is 0. The predicted octanol–water partition coefficient (Wildman–Crippen LogP) is 3.71. The predicted molar refractivity (Wildman–Crippen MR) is 79.8 cm³/mol. The van der Waals surface area contributed by atoms with Gasteiger partial charge in [-0.1, -0.05) is 29.8 Å². The van der Waals surface area contributed by atoms with Crippen LogP contribution in [0.15, 0.2) is 36.5 Å². The first kappa shape index (κ1) is 12.3. The van der Waals surface area contributed by atoms with Crippen molar-refractivity contribution >= 4 is 23.0 Å². The molecule has 2 aromatic rings. The van der Waals surface area contributed by atoms with E-state index in [-0.39, 0.29) is 0 Å². The first-order valence-corrected chi connectivity index (χ1v) is 6.91. The van der Waals surface area contributed by atoms with Crippen molar-refractivity contribution in [3.8, 4) is 0 Å². The second-order valence-electron chi connectivity index (χ2n) is 4.70. The largest absolute Gasteiger partial charge is 0.385 e. The number of benzene rings is 1. The maximum Gasteiger partial charge on any atom is 0.129 e. The van der Waals surface area contributed by atoms with Gasteiger partial charge in [-0.2, -0.15) is 0 Å². The molecule has 1 aromatic heterocycles. The van der Waals surface area contributed by atoms with E-state index >= 15 is 0 Å². The normalized spacial score (nSPS) is 13.5. The third-order valence-electron chi connectivity index (χ3n) is 3.37. The van der Waals surface area contributed by atoms with Gasteiger partial charge >= 0.3 is 0 Å². The Hall–Kier alpha value is -1.74. The number of halogens is 1. The lowest BCUT2D eigenvalue weighted by atomic mass is 9.99. The Kier molecular flexibility index (Phi) is 3.56. The van der Waals surface area contributed by atoms with E-state index in [0.29, 0.717) is 5.15 Å². The SMILES string of the molecule is Clc1ccc(NCc2cccc3c2NCCC3)cn1.